The van der Waals surface area contributed by atoms with Crippen molar-refractivity contribution in [3.8, 4) is 0 Å². The average Bonchev–Trinajstić information content (AvgIpc) is 2.48. The van der Waals surface area contributed by atoms with Gasteiger partial charge >= 0.3 is 0 Å². The normalized spacial score (nSPS) is 23.0. The molecular weight excluding hydrogens is 324 g/mol. The molecule has 0 radical (unpaired) electrons. The molecule has 0 spiro atoms. The monoisotopic (exact) mass is 352 g/mol. The van der Waals surface area contributed by atoms with Crippen LogP contribution in [0.1, 0.15) is 51.6 Å². The van der Waals surface area contributed by atoms with Crippen LogP contribution in [0.3, 0.4) is 0 Å². The minimum absolute atomic E-state index is 0.386. The molecule has 118 valence electrons. The Kier molecular flexibility index (Phi) is 6.72. The molecule has 0 bridgehead atoms. The van der Waals surface area contributed by atoms with Crippen LogP contribution >= 0.6 is 15.9 Å². The van der Waals surface area contributed by atoms with Crippen molar-refractivity contribution in [3.63, 3.8) is 0 Å². The first-order valence-electron chi connectivity index (χ1n) is 8.34. The maximum Gasteiger partial charge on any atom is 0.0305 e. The number of nitrogens with zero attached hydrogens (tertiary/aromatic N) is 1. The van der Waals surface area contributed by atoms with E-state index in [-0.39, 0.29) is 0 Å². The van der Waals surface area contributed by atoms with E-state index in [1.807, 2.05) is 0 Å². The molecule has 2 rings (SSSR count). The summed E-state index contributed by atoms with van der Waals surface area (Å²) in [6.07, 6.45) is 3.97. The predicted molar refractivity (Wildman–Crippen MR) is 94.6 cm³/mol. The smallest absolute Gasteiger partial charge is 0.0305 e. The molecule has 1 saturated heterocycles. The van der Waals surface area contributed by atoms with Gasteiger partial charge in [-0.1, -0.05) is 41.1 Å². The topological polar surface area (TPSA) is 15.3 Å². The summed E-state index contributed by atoms with van der Waals surface area (Å²) < 4.78 is 1.20. The Bertz CT molecular complexity index is 433. The van der Waals surface area contributed by atoms with Crippen LogP contribution in [0.2, 0.25) is 0 Å². The lowest BCUT2D eigenvalue weighted by Crippen LogP contribution is -2.45. The quantitative estimate of drug-likeness (QED) is 0.803. The highest BCUT2D eigenvalue weighted by atomic mass is 79.9. The third-order valence-electron chi connectivity index (χ3n) is 4.67. The molecule has 0 aliphatic carbocycles. The van der Waals surface area contributed by atoms with Crippen LogP contribution in [-0.2, 0) is 0 Å². The molecule has 2 nitrogen and oxygen atoms in total. The van der Waals surface area contributed by atoms with Crippen LogP contribution in [0, 0.1) is 5.92 Å². The summed E-state index contributed by atoms with van der Waals surface area (Å²) in [5, 5.41) is 3.81. The van der Waals surface area contributed by atoms with E-state index in [9.17, 15) is 0 Å². The Hall–Kier alpha value is -0.380. The first-order valence-corrected chi connectivity index (χ1v) is 9.14. The number of piperidine rings is 1. The molecule has 0 saturated carbocycles. The lowest BCUT2D eigenvalue weighted by molar-refractivity contribution is 0.147. The van der Waals surface area contributed by atoms with Crippen molar-refractivity contribution in [2.24, 2.45) is 5.92 Å². The van der Waals surface area contributed by atoms with E-state index in [1.54, 1.807) is 0 Å². The Balaban J connectivity index is 1.91. The molecule has 0 aromatic heterocycles. The van der Waals surface area contributed by atoms with Crippen molar-refractivity contribution >= 4 is 15.9 Å². The predicted octanol–water partition coefficient (Wildman–Crippen LogP) is 4.61. The van der Waals surface area contributed by atoms with Crippen LogP contribution in [-0.4, -0.2) is 30.6 Å². The number of likely N-dealkylation sites (tertiary alicyclic amines) is 1. The third-order valence-corrected chi connectivity index (χ3v) is 5.40. The number of nitrogens with one attached hydrogen (secondary N) is 1. The highest BCUT2D eigenvalue weighted by Crippen LogP contribution is 2.26. The highest BCUT2D eigenvalue weighted by Gasteiger charge is 2.25. The molecule has 1 fully saturated rings. The molecule has 21 heavy (non-hydrogen) atoms. The van der Waals surface area contributed by atoms with Crippen molar-refractivity contribution in [3.05, 3.63) is 34.3 Å². The van der Waals surface area contributed by atoms with E-state index in [4.69, 9.17) is 0 Å². The van der Waals surface area contributed by atoms with Gasteiger partial charge in [-0.2, -0.15) is 0 Å². The van der Waals surface area contributed by atoms with Crippen molar-refractivity contribution in [1.82, 2.24) is 10.2 Å². The lowest BCUT2D eigenvalue weighted by atomic mass is 9.90. The van der Waals surface area contributed by atoms with Crippen molar-refractivity contribution in [2.75, 3.05) is 19.6 Å². The Morgan fingerprint density at radius 1 is 1.33 bits per heavy atom. The second-order valence-electron chi connectivity index (χ2n) is 6.40. The second kappa shape index (κ2) is 8.30. The molecule has 1 heterocycles. The van der Waals surface area contributed by atoms with Crippen molar-refractivity contribution in [2.45, 2.75) is 52.1 Å². The van der Waals surface area contributed by atoms with Crippen LogP contribution in [0.5, 0.6) is 0 Å². The summed E-state index contributed by atoms with van der Waals surface area (Å²) >= 11 is 3.66. The van der Waals surface area contributed by atoms with Gasteiger partial charge in [-0.25, -0.2) is 0 Å². The van der Waals surface area contributed by atoms with Gasteiger partial charge in [0.1, 0.15) is 0 Å². The van der Waals surface area contributed by atoms with Gasteiger partial charge in [0.15, 0.2) is 0 Å². The summed E-state index contributed by atoms with van der Waals surface area (Å²) in [7, 11) is 0. The molecule has 1 aromatic rings. The molecule has 1 N–H and O–H groups in total. The Labute approximate surface area is 138 Å². The first-order chi connectivity index (χ1) is 10.1. The Morgan fingerprint density at radius 3 is 2.81 bits per heavy atom. The highest BCUT2D eigenvalue weighted by molar-refractivity contribution is 9.10. The van der Waals surface area contributed by atoms with Gasteiger partial charge in [0, 0.05) is 23.1 Å². The van der Waals surface area contributed by atoms with Crippen LogP contribution in [0.4, 0.5) is 0 Å². The van der Waals surface area contributed by atoms with E-state index in [1.165, 1.54) is 48.9 Å². The molecule has 3 heteroatoms. The number of rotatable bonds is 6. The van der Waals surface area contributed by atoms with E-state index in [0.29, 0.717) is 12.1 Å². The van der Waals surface area contributed by atoms with Crippen molar-refractivity contribution < 1.29 is 0 Å². The largest absolute Gasteiger partial charge is 0.307 e. The van der Waals surface area contributed by atoms with Gasteiger partial charge in [0.05, 0.1) is 0 Å². The third kappa shape index (κ3) is 4.80. The van der Waals surface area contributed by atoms with E-state index in [2.05, 4.69) is 71.2 Å². The van der Waals surface area contributed by atoms with Gasteiger partial charge in [0.25, 0.3) is 0 Å². The molecule has 3 unspecified atom stereocenters. The Morgan fingerprint density at radius 2 is 2.10 bits per heavy atom. The lowest BCUT2D eigenvalue weighted by Gasteiger charge is -2.37. The molecule has 1 aliphatic heterocycles. The SMILES string of the molecule is CCCN1CCCC(C(C)NC(C)c2ccccc2Br)C1. The van der Waals surface area contributed by atoms with Crippen LogP contribution < -0.4 is 5.32 Å². The molecule has 0 amide bonds. The van der Waals surface area contributed by atoms with Crippen LogP contribution in [0.15, 0.2) is 28.7 Å². The van der Waals surface area contributed by atoms with Gasteiger partial charge in [0.2, 0.25) is 0 Å². The zero-order valence-electron chi connectivity index (χ0n) is 13.6. The number of halogens is 1. The van der Waals surface area contributed by atoms with E-state index >= 15 is 0 Å². The van der Waals surface area contributed by atoms with Crippen LogP contribution in [0.25, 0.3) is 0 Å². The summed E-state index contributed by atoms with van der Waals surface area (Å²) in [5.74, 6) is 0.773. The minimum atomic E-state index is 0.386. The first kappa shape index (κ1) is 17.0. The minimum Gasteiger partial charge on any atom is -0.307 e. The molecule has 1 aromatic carbocycles. The fourth-order valence-corrected chi connectivity index (χ4v) is 4.09. The number of hydrogen-bond acceptors (Lipinski definition) is 2. The summed E-state index contributed by atoms with van der Waals surface area (Å²) in [6, 6.07) is 9.48. The summed E-state index contributed by atoms with van der Waals surface area (Å²) in [6.45, 7) is 10.7. The van der Waals surface area contributed by atoms with E-state index in [0.717, 1.165) is 5.92 Å². The molecular formula is C18H29BrN2. The van der Waals surface area contributed by atoms with Gasteiger partial charge < -0.3 is 10.2 Å². The average molecular weight is 353 g/mol. The van der Waals surface area contributed by atoms with Gasteiger partial charge in [-0.3, -0.25) is 0 Å². The second-order valence-corrected chi connectivity index (χ2v) is 7.26. The zero-order valence-corrected chi connectivity index (χ0v) is 15.2. The summed E-state index contributed by atoms with van der Waals surface area (Å²) in [5.41, 5.74) is 1.35. The number of benzene rings is 1. The summed E-state index contributed by atoms with van der Waals surface area (Å²) in [4.78, 5) is 2.63. The van der Waals surface area contributed by atoms with Gasteiger partial charge in [-0.05, 0) is 63.7 Å². The zero-order chi connectivity index (χ0) is 15.2. The van der Waals surface area contributed by atoms with Gasteiger partial charge in [-0.15, -0.1) is 0 Å². The fraction of sp³-hybridized carbons (Fsp3) is 0.667. The maximum absolute atomic E-state index is 3.81. The number of hydrogen-bond donors (Lipinski definition) is 1. The molecule has 1 aliphatic rings. The van der Waals surface area contributed by atoms with E-state index < -0.39 is 0 Å². The van der Waals surface area contributed by atoms with Crippen molar-refractivity contribution in [1.29, 1.82) is 0 Å². The molecule has 3 atom stereocenters. The maximum atomic E-state index is 3.81. The standard InChI is InChI=1S/C18H29BrN2/c1-4-11-21-12-7-8-16(13-21)14(2)20-15(3)17-9-5-6-10-18(17)19/h5-6,9-10,14-16,20H,4,7-8,11-13H2,1-3H3. The fourth-order valence-electron chi connectivity index (χ4n) is 3.47.